The molecule has 72 valence electrons. The van der Waals surface area contributed by atoms with Crippen LogP contribution in [0.2, 0.25) is 0 Å². The Bertz CT molecular complexity index is 293. The number of aliphatic hydroxyl groups is 1. The van der Waals surface area contributed by atoms with Crippen molar-refractivity contribution in [2.45, 2.75) is 37.8 Å². The van der Waals surface area contributed by atoms with Crippen molar-refractivity contribution in [2.75, 3.05) is 0 Å². The number of aliphatic hydroxyl groups excluding tert-OH is 1. The van der Waals surface area contributed by atoms with Crippen molar-refractivity contribution in [1.82, 2.24) is 10.1 Å². The van der Waals surface area contributed by atoms with Gasteiger partial charge in [-0.25, -0.2) is 0 Å². The summed E-state index contributed by atoms with van der Waals surface area (Å²) in [6.07, 6.45) is 1.60. The molecule has 5 heteroatoms. The van der Waals surface area contributed by atoms with Gasteiger partial charge in [-0.05, 0) is 19.8 Å². The molecule has 1 saturated carbocycles. The molecule has 3 N–H and O–H groups in total. The smallest absolute Gasteiger partial charge is 0.246 e. The first kappa shape index (κ1) is 8.65. The van der Waals surface area contributed by atoms with Gasteiger partial charge >= 0.3 is 0 Å². The van der Waals surface area contributed by atoms with Gasteiger partial charge in [0.2, 0.25) is 5.89 Å². The van der Waals surface area contributed by atoms with Crippen molar-refractivity contribution in [2.24, 2.45) is 5.73 Å². The summed E-state index contributed by atoms with van der Waals surface area (Å²) in [6.45, 7) is 1.60. The molecule has 0 radical (unpaired) electrons. The predicted molar refractivity (Wildman–Crippen MR) is 44.9 cm³/mol. The molecule has 2 atom stereocenters. The lowest BCUT2D eigenvalue weighted by Gasteiger charge is -2.08. The molecule has 1 aromatic heterocycles. The lowest BCUT2D eigenvalue weighted by atomic mass is 10.2. The third-order valence-corrected chi connectivity index (χ3v) is 2.20. The van der Waals surface area contributed by atoms with E-state index in [4.69, 9.17) is 10.3 Å². The van der Waals surface area contributed by atoms with Crippen LogP contribution in [-0.2, 0) is 0 Å². The molecule has 1 aliphatic rings. The summed E-state index contributed by atoms with van der Waals surface area (Å²) in [7, 11) is 0. The molecule has 0 bridgehead atoms. The van der Waals surface area contributed by atoms with Gasteiger partial charge in [-0.2, -0.15) is 4.98 Å². The Morgan fingerprint density at radius 3 is 2.85 bits per heavy atom. The Morgan fingerprint density at radius 2 is 2.31 bits per heavy atom. The molecular formula is C8H13N3O2. The Hall–Kier alpha value is -0.940. The van der Waals surface area contributed by atoms with E-state index in [1.165, 1.54) is 0 Å². The van der Waals surface area contributed by atoms with E-state index in [9.17, 15) is 5.11 Å². The summed E-state index contributed by atoms with van der Waals surface area (Å²) in [5, 5.41) is 13.0. The maximum absolute atomic E-state index is 9.19. The maximum Gasteiger partial charge on any atom is 0.246 e. The van der Waals surface area contributed by atoms with Crippen LogP contribution in [0.3, 0.4) is 0 Å². The molecule has 1 aliphatic carbocycles. The Morgan fingerprint density at radius 1 is 1.62 bits per heavy atom. The zero-order valence-electron chi connectivity index (χ0n) is 7.47. The third kappa shape index (κ3) is 1.71. The van der Waals surface area contributed by atoms with Crippen LogP contribution in [0.4, 0.5) is 0 Å². The molecular weight excluding hydrogens is 170 g/mol. The molecule has 2 rings (SSSR count). The number of hydrogen-bond donors (Lipinski definition) is 2. The fourth-order valence-corrected chi connectivity index (χ4v) is 1.10. The van der Waals surface area contributed by atoms with Gasteiger partial charge in [-0.1, -0.05) is 5.16 Å². The quantitative estimate of drug-likeness (QED) is 0.705. The second kappa shape index (κ2) is 3.08. The van der Waals surface area contributed by atoms with Crippen LogP contribution in [0.1, 0.15) is 43.4 Å². The fraction of sp³-hybridized carbons (Fsp3) is 0.750. The van der Waals surface area contributed by atoms with Crippen molar-refractivity contribution >= 4 is 0 Å². The maximum atomic E-state index is 9.19. The average Bonchev–Trinajstić information content (AvgIpc) is 2.83. The van der Waals surface area contributed by atoms with E-state index in [0.717, 1.165) is 18.7 Å². The molecule has 1 heterocycles. The highest BCUT2D eigenvalue weighted by molar-refractivity contribution is 5.05. The first-order valence-electron chi connectivity index (χ1n) is 4.45. The second-order valence-corrected chi connectivity index (χ2v) is 3.53. The highest BCUT2D eigenvalue weighted by Crippen LogP contribution is 2.38. The van der Waals surface area contributed by atoms with Gasteiger partial charge in [0.1, 0.15) is 6.04 Å². The molecule has 0 saturated heterocycles. The van der Waals surface area contributed by atoms with E-state index >= 15 is 0 Å². The first-order valence-corrected chi connectivity index (χ1v) is 4.45. The van der Waals surface area contributed by atoms with Gasteiger partial charge in [0.15, 0.2) is 5.82 Å². The van der Waals surface area contributed by atoms with Gasteiger partial charge in [0.05, 0.1) is 6.10 Å². The summed E-state index contributed by atoms with van der Waals surface area (Å²) >= 11 is 0. The van der Waals surface area contributed by atoms with Gasteiger partial charge < -0.3 is 15.4 Å². The van der Waals surface area contributed by atoms with Crippen LogP contribution in [0.5, 0.6) is 0 Å². The standard InChI is InChI=1S/C8H13N3O2/c1-4(12)6(9)8-10-7(11-13-8)5-2-3-5/h4-6,12H,2-3,9H2,1H3/t4-,6+/m1/s1. The number of nitrogens with two attached hydrogens (primary N) is 1. The number of nitrogens with zero attached hydrogens (tertiary/aromatic N) is 2. The van der Waals surface area contributed by atoms with E-state index in [1.54, 1.807) is 6.92 Å². The summed E-state index contributed by atoms with van der Waals surface area (Å²) in [5.41, 5.74) is 5.63. The topological polar surface area (TPSA) is 85.2 Å². The van der Waals surface area contributed by atoms with E-state index < -0.39 is 12.1 Å². The lowest BCUT2D eigenvalue weighted by Crippen LogP contribution is -2.23. The molecule has 1 aromatic rings. The predicted octanol–water partition coefficient (Wildman–Crippen LogP) is 0.328. The van der Waals surface area contributed by atoms with E-state index in [0.29, 0.717) is 11.8 Å². The Labute approximate surface area is 75.9 Å². The molecule has 0 amide bonds. The SMILES string of the molecule is C[C@@H](O)[C@H](N)c1nc(C2CC2)no1. The summed E-state index contributed by atoms with van der Waals surface area (Å²) in [6, 6.07) is -0.569. The van der Waals surface area contributed by atoms with Gasteiger partial charge in [-0.15, -0.1) is 0 Å². The fourth-order valence-electron chi connectivity index (χ4n) is 1.10. The minimum Gasteiger partial charge on any atom is -0.391 e. The highest BCUT2D eigenvalue weighted by Gasteiger charge is 2.30. The van der Waals surface area contributed by atoms with Crippen LogP contribution in [0, 0.1) is 0 Å². The highest BCUT2D eigenvalue weighted by atomic mass is 16.5. The van der Waals surface area contributed by atoms with Crippen molar-refractivity contribution in [3.8, 4) is 0 Å². The number of aromatic nitrogens is 2. The van der Waals surface area contributed by atoms with Crippen LogP contribution in [0.25, 0.3) is 0 Å². The second-order valence-electron chi connectivity index (χ2n) is 3.53. The number of rotatable bonds is 3. The van der Waals surface area contributed by atoms with Crippen molar-refractivity contribution < 1.29 is 9.63 Å². The molecule has 0 spiro atoms. The molecule has 0 aromatic carbocycles. The van der Waals surface area contributed by atoms with Crippen molar-refractivity contribution in [3.63, 3.8) is 0 Å². The normalized spacial score (nSPS) is 21.5. The Kier molecular flexibility index (Phi) is 2.05. The number of hydrogen-bond acceptors (Lipinski definition) is 5. The van der Waals surface area contributed by atoms with Crippen LogP contribution >= 0.6 is 0 Å². The molecule has 13 heavy (non-hydrogen) atoms. The molecule has 1 fully saturated rings. The largest absolute Gasteiger partial charge is 0.391 e. The van der Waals surface area contributed by atoms with E-state index in [2.05, 4.69) is 10.1 Å². The van der Waals surface area contributed by atoms with Gasteiger partial charge in [0.25, 0.3) is 0 Å². The summed E-state index contributed by atoms with van der Waals surface area (Å²) < 4.78 is 4.94. The molecule has 0 aliphatic heterocycles. The van der Waals surface area contributed by atoms with Crippen LogP contribution in [-0.4, -0.2) is 21.4 Å². The lowest BCUT2D eigenvalue weighted by molar-refractivity contribution is 0.146. The molecule has 0 unspecified atom stereocenters. The van der Waals surface area contributed by atoms with E-state index in [-0.39, 0.29) is 0 Å². The van der Waals surface area contributed by atoms with Crippen LogP contribution in [0.15, 0.2) is 4.52 Å². The average molecular weight is 183 g/mol. The minimum atomic E-state index is -0.660. The third-order valence-electron chi connectivity index (χ3n) is 2.20. The Balaban J connectivity index is 2.11. The summed E-state index contributed by atoms with van der Waals surface area (Å²) in [5.74, 6) is 1.52. The van der Waals surface area contributed by atoms with Crippen molar-refractivity contribution in [3.05, 3.63) is 11.7 Å². The van der Waals surface area contributed by atoms with E-state index in [1.807, 2.05) is 0 Å². The van der Waals surface area contributed by atoms with Gasteiger partial charge in [0, 0.05) is 5.92 Å². The first-order chi connectivity index (χ1) is 6.18. The van der Waals surface area contributed by atoms with Crippen LogP contribution < -0.4 is 5.73 Å². The molecule has 5 nitrogen and oxygen atoms in total. The minimum absolute atomic E-state index is 0.330. The summed E-state index contributed by atoms with van der Waals surface area (Å²) in [4.78, 5) is 4.13. The zero-order valence-corrected chi connectivity index (χ0v) is 7.47. The van der Waals surface area contributed by atoms with Crippen molar-refractivity contribution in [1.29, 1.82) is 0 Å². The zero-order chi connectivity index (χ0) is 9.42. The monoisotopic (exact) mass is 183 g/mol. The van der Waals surface area contributed by atoms with Gasteiger partial charge in [-0.3, -0.25) is 0 Å².